The molecule has 4 atom stereocenters. The van der Waals surface area contributed by atoms with E-state index in [-0.39, 0.29) is 5.41 Å². The Hall–Kier alpha value is -1.31. The van der Waals surface area contributed by atoms with Crippen LogP contribution in [0.5, 0.6) is 5.75 Å². The fraction of sp³-hybridized carbons (Fsp3) is 0.650. The fourth-order valence-corrected chi connectivity index (χ4v) is 5.70. The van der Waals surface area contributed by atoms with Crippen LogP contribution in [0, 0.1) is 24.2 Å². The monoisotopic (exact) mass is 298 g/mol. The molecule has 0 N–H and O–H groups in total. The number of hydrogen-bond donors (Lipinski definition) is 0. The molecule has 2 heteroatoms. The van der Waals surface area contributed by atoms with Crippen LogP contribution in [0.4, 0.5) is 0 Å². The van der Waals surface area contributed by atoms with Crippen LogP contribution in [0.2, 0.25) is 0 Å². The molecule has 0 spiro atoms. The van der Waals surface area contributed by atoms with Gasteiger partial charge in [-0.2, -0.15) is 0 Å². The third kappa shape index (κ3) is 1.82. The summed E-state index contributed by atoms with van der Waals surface area (Å²) in [7, 11) is 1.76. The summed E-state index contributed by atoms with van der Waals surface area (Å²) in [5.41, 5.74) is 4.27. The van der Waals surface area contributed by atoms with Crippen molar-refractivity contribution in [1.82, 2.24) is 0 Å². The molecule has 0 aliphatic heterocycles. The number of methoxy groups -OCH3 is 1. The molecular formula is C20H26O2. The van der Waals surface area contributed by atoms with Gasteiger partial charge in [0.2, 0.25) is 0 Å². The number of aryl methyl sites for hydroxylation is 2. The highest BCUT2D eigenvalue weighted by molar-refractivity contribution is 5.87. The van der Waals surface area contributed by atoms with Crippen molar-refractivity contribution >= 4 is 5.78 Å². The van der Waals surface area contributed by atoms with Gasteiger partial charge < -0.3 is 4.74 Å². The standard InChI is InChI=1S/C20H26O2/c1-12-10-16-13(11-18(12)22-3)4-5-15-14(16)8-9-20(2)17(15)6-7-19(20)21/h10-11,14-15,17H,4-9H2,1-3H3/t14-,15-,17+,20+/m1/s1. The minimum absolute atomic E-state index is 0.0137. The van der Waals surface area contributed by atoms with Gasteiger partial charge in [-0.25, -0.2) is 0 Å². The molecule has 22 heavy (non-hydrogen) atoms. The molecule has 2 nitrogen and oxygen atoms in total. The van der Waals surface area contributed by atoms with Crippen molar-refractivity contribution in [3.05, 3.63) is 28.8 Å². The lowest BCUT2D eigenvalue weighted by Gasteiger charge is -2.48. The number of carbonyl (C=O) groups excluding carboxylic acids is 1. The molecule has 1 aromatic rings. The highest BCUT2D eigenvalue weighted by atomic mass is 16.5. The van der Waals surface area contributed by atoms with Gasteiger partial charge >= 0.3 is 0 Å². The van der Waals surface area contributed by atoms with Crippen LogP contribution >= 0.6 is 0 Å². The number of carbonyl (C=O) groups is 1. The minimum atomic E-state index is -0.0137. The molecule has 0 heterocycles. The Kier molecular flexibility index (Phi) is 3.15. The fourth-order valence-electron chi connectivity index (χ4n) is 5.70. The van der Waals surface area contributed by atoms with Crippen molar-refractivity contribution in [2.45, 2.75) is 58.3 Å². The van der Waals surface area contributed by atoms with Gasteiger partial charge in [-0.15, -0.1) is 0 Å². The van der Waals surface area contributed by atoms with E-state index in [0.717, 1.165) is 31.4 Å². The average molecular weight is 298 g/mol. The van der Waals surface area contributed by atoms with Gasteiger partial charge in [-0.1, -0.05) is 13.0 Å². The van der Waals surface area contributed by atoms with Crippen LogP contribution in [0.15, 0.2) is 12.1 Å². The Morgan fingerprint density at radius 3 is 2.77 bits per heavy atom. The quantitative estimate of drug-likeness (QED) is 0.766. The third-order valence-corrected chi connectivity index (χ3v) is 6.95. The first-order valence-electron chi connectivity index (χ1n) is 8.75. The molecule has 2 saturated carbocycles. The van der Waals surface area contributed by atoms with Crippen LogP contribution in [0.1, 0.15) is 61.6 Å². The number of ketones is 1. The first kappa shape index (κ1) is 14.3. The molecule has 0 bridgehead atoms. The largest absolute Gasteiger partial charge is 0.496 e. The number of benzene rings is 1. The molecule has 118 valence electrons. The smallest absolute Gasteiger partial charge is 0.139 e. The lowest BCUT2D eigenvalue weighted by molar-refractivity contribution is -0.129. The van der Waals surface area contributed by atoms with Crippen LogP contribution in [0.3, 0.4) is 0 Å². The van der Waals surface area contributed by atoms with Crippen LogP contribution in [-0.2, 0) is 11.2 Å². The topological polar surface area (TPSA) is 26.3 Å². The summed E-state index contributed by atoms with van der Waals surface area (Å²) in [5, 5.41) is 0. The summed E-state index contributed by atoms with van der Waals surface area (Å²) in [6, 6.07) is 4.62. The number of rotatable bonds is 1. The van der Waals surface area contributed by atoms with Gasteiger partial charge in [-0.3, -0.25) is 4.79 Å². The summed E-state index contributed by atoms with van der Waals surface area (Å²) in [6.45, 7) is 4.40. The zero-order valence-electron chi connectivity index (χ0n) is 13.9. The number of hydrogen-bond acceptors (Lipinski definition) is 2. The number of ether oxygens (including phenoxy) is 1. The second-order valence-corrected chi connectivity index (χ2v) is 7.85. The van der Waals surface area contributed by atoms with Gasteiger partial charge in [0.05, 0.1) is 7.11 Å². The van der Waals surface area contributed by atoms with E-state index in [9.17, 15) is 4.79 Å². The van der Waals surface area contributed by atoms with Crippen LogP contribution in [-0.4, -0.2) is 12.9 Å². The SMILES string of the molecule is COc1cc2c(cc1C)[C@@H]1CC[C@]3(C)C(=O)CC[C@H]3[C@@H]1CC2. The Morgan fingerprint density at radius 2 is 2.00 bits per heavy atom. The van der Waals surface area contributed by atoms with E-state index < -0.39 is 0 Å². The lowest BCUT2D eigenvalue weighted by atomic mass is 9.55. The van der Waals surface area contributed by atoms with Crippen molar-refractivity contribution in [2.75, 3.05) is 7.11 Å². The molecule has 0 saturated heterocycles. The van der Waals surface area contributed by atoms with Crippen molar-refractivity contribution < 1.29 is 9.53 Å². The van der Waals surface area contributed by atoms with Crippen LogP contribution < -0.4 is 4.74 Å². The lowest BCUT2D eigenvalue weighted by Crippen LogP contribution is -2.42. The highest BCUT2D eigenvalue weighted by Gasteiger charge is 2.54. The summed E-state index contributed by atoms with van der Waals surface area (Å²) in [6.07, 6.45) is 6.61. The molecule has 2 fully saturated rings. The Balaban J connectivity index is 1.73. The van der Waals surface area contributed by atoms with E-state index in [1.54, 1.807) is 12.7 Å². The van der Waals surface area contributed by atoms with Crippen LogP contribution in [0.25, 0.3) is 0 Å². The van der Waals surface area contributed by atoms with E-state index in [4.69, 9.17) is 4.74 Å². The zero-order valence-corrected chi connectivity index (χ0v) is 13.9. The first-order valence-corrected chi connectivity index (χ1v) is 8.75. The third-order valence-electron chi connectivity index (χ3n) is 6.95. The molecule has 0 unspecified atom stereocenters. The molecular weight excluding hydrogens is 272 g/mol. The maximum atomic E-state index is 12.4. The van der Waals surface area contributed by atoms with Crippen molar-refractivity contribution in [1.29, 1.82) is 0 Å². The zero-order chi connectivity index (χ0) is 15.5. The molecule has 0 aromatic heterocycles. The second-order valence-electron chi connectivity index (χ2n) is 7.85. The highest BCUT2D eigenvalue weighted by Crippen LogP contribution is 2.59. The van der Waals surface area contributed by atoms with E-state index >= 15 is 0 Å². The molecule has 0 radical (unpaired) electrons. The maximum absolute atomic E-state index is 12.4. The molecule has 3 aliphatic carbocycles. The van der Waals surface area contributed by atoms with Crippen molar-refractivity contribution in [3.63, 3.8) is 0 Å². The predicted octanol–water partition coefficient (Wildman–Crippen LogP) is 4.43. The van der Waals surface area contributed by atoms with E-state index in [1.165, 1.54) is 24.0 Å². The normalized spacial score (nSPS) is 36.5. The van der Waals surface area contributed by atoms with Gasteiger partial charge in [0.1, 0.15) is 11.5 Å². The van der Waals surface area contributed by atoms with E-state index in [1.807, 2.05) is 0 Å². The van der Waals surface area contributed by atoms with Gasteiger partial charge in [-0.05, 0) is 79.5 Å². The number of fused-ring (bicyclic) bond motifs is 5. The summed E-state index contributed by atoms with van der Waals surface area (Å²) in [5.74, 6) is 3.55. The average Bonchev–Trinajstić information content (AvgIpc) is 2.82. The van der Waals surface area contributed by atoms with Crippen molar-refractivity contribution in [3.8, 4) is 5.75 Å². The van der Waals surface area contributed by atoms with Gasteiger partial charge in [0, 0.05) is 11.8 Å². The summed E-state index contributed by atoms with van der Waals surface area (Å²) >= 11 is 0. The van der Waals surface area contributed by atoms with E-state index in [2.05, 4.69) is 26.0 Å². The number of Topliss-reactive ketones (excluding diaryl/α,β-unsaturated/α-hetero) is 1. The van der Waals surface area contributed by atoms with Gasteiger partial charge in [0.15, 0.2) is 0 Å². The second kappa shape index (κ2) is 4.84. The predicted molar refractivity (Wildman–Crippen MR) is 87.4 cm³/mol. The summed E-state index contributed by atoms with van der Waals surface area (Å²) in [4.78, 5) is 12.4. The Bertz CT molecular complexity index is 633. The van der Waals surface area contributed by atoms with Crippen molar-refractivity contribution in [2.24, 2.45) is 17.3 Å². The Labute approximate surface area is 133 Å². The molecule has 1 aromatic carbocycles. The van der Waals surface area contributed by atoms with E-state index in [0.29, 0.717) is 23.5 Å². The maximum Gasteiger partial charge on any atom is 0.139 e. The molecule has 4 rings (SSSR count). The minimum Gasteiger partial charge on any atom is -0.496 e. The molecule has 3 aliphatic rings. The summed E-state index contributed by atoms with van der Waals surface area (Å²) < 4.78 is 5.50. The Morgan fingerprint density at radius 1 is 1.18 bits per heavy atom. The first-order chi connectivity index (χ1) is 10.5. The molecule has 0 amide bonds. The van der Waals surface area contributed by atoms with Gasteiger partial charge in [0.25, 0.3) is 0 Å².